The zero-order valence-corrected chi connectivity index (χ0v) is 22.9. The van der Waals surface area contributed by atoms with Gasteiger partial charge in [-0.05, 0) is 76.4 Å². The van der Waals surface area contributed by atoms with Gasteiger partial charge in [0.15, 0.2) is 0 Å². The van der Waals surface area contributed by atoms with Crippen LogP contribution in [0.2, 0.25) is 0 Å². The fraction of sp³-hybridized carbons (Fsp3) is 0.556. The molecule has 2 fully saturated rings. The summed E-state index contributed by atoms with van der Waals surface area (Å²) in [6.45, 7) is 7.11. The molecule has 1 aromatic heterocycles. The van der Waals surface area contributed by atoms with Gasteiger partial charge in [-0.2, -0.15) is 4.98 Å². The Bertz CT molecular complexity index is 1210. The average Bonchev–Trinajstić information content (AvgIpc) is 3.10. The Balaban J connectivity index is 1.32. The SMILES string of the molecule is CC(C)(N)C(=O)N1CCN(C(=O)Nc2ccn(-c3ccc(CCN4CCCC(N)CC4)cc3)c(=O)n2)[C@H](N)C1. The second-order valence-corrected chi connectivity index (χ2v) is 11.1. The smallest absolute Gasteiger partial charge is 0.336 e. The molecule has 2 aliphatic heterocycles. The van der Waals surface area contributed by atoms with Crippen LogP contribution >= 0.6 is 0 Å². The van der Waals surface area contributed by atoms with Crippen molar-refractivity contribution in [1.29, 1.82) is 0 Å². The second-order valence-electron chi connectivity index (χ2n) is 11.1. The number of carbonyl (C=O) groups is 2. The van der Waals surface area contributed by atoms with E-state index in [4.69, 9.17) is 17.2 Å². The number of benzene rings is 1. The normalized spacial score (nSPS) is 20.9. The molecule has 0 radical (unpaired) electrons. The molecule has 39 heavy (non-hydrogen) atoms. The number of urea groups is 1. The zero-order chi connectivity index (χ0) is 28.2. The van der Waals surface area contributed by atoms with E-state index >= 15 is 0 Å². The van der Waals surface area contributed by atoms with E-state index in [1.165, 1.54) is 15.0 Å². The molecule has 0 spiro atoms. The minimum absolute atomic E-state index is 0.129. The van der Waals surface area contributed by atoms with Crippen molar-refractivity contribution in [2.45, 2.75) is 57.3 Å². The van der Waals surface area contributed by atoms with Gasteiger partial charge in [-0.1, -0.05) is 12.1 Å². The number of piperazine rings is 1. The lowest BCUT2D eigenvalue weighted by molar-refractivity contribution is -0.138. The number of likely N-dealkylation sites (tertiary alicyclic amines) is 1. The van der Waals surface area contributed by atoms with Crippen molar-refractivity contribution >= 4 is 17.8 Å². The van der Waals surface area contributed by atoms with Crippen LogP contribution in [-0.2, 0) is 11.2 Å². The van der Waals surface area contributed by atoms with E-state index in [2.05, 4.69) is 15.2 Å². The van der Waals surface area contributed by atoms with Crippen molar-refractivity contribution in [1.82, 2.24) is 24.3 Å². The Labute approximate surface area is 229 Å². The fourth-order valence-corrected chi connectivity index (χ4v) is 5.02. The first kappa shape index (κ1) is 28.7. The average molecular weight is 540 g/mol. The lowest BCUT2D eigenvalue weighted by Crippen LogP contribution is -2.64. The number of anilines is 1. The molecule has 3 amide bonds. The van der Waals surface area contributed by atoms with Crippen molar-refractivity contribution < 1.29 is 9.59 Å². The number of rotatable bonds is 6. The van der Waals surface area contributed by atoms with Crippen molar-refractivity contribution in [3.63, 3.8) is 0 Å². The molecule has 2 aliphatic rings. The molecule has 0 saturated carbocycles. The van der Waals surface area contributed by atoms with E-state index in [0.29, 0.717) is 18.3 Å². The standard InChI is InChI=1S/C27H41N9O3/c1-27(2,30)24(37)34-16-17-36(22(29)18-34)26(39)32-23-11-15-35(25(38)31-23)21-7-5-19(6-8-21)9-13-33-12-3-4-20(28)10-14-33/h5-8,11,15,20,22H,3-4,9-10,12-14,16-18,28-30H2,1-2H3,(H,31,32,38,39)/t20?,22-/m0/s1. The molecule has 2 aromatic rings. The van der Waals surface area contributed by atoms with Crippen molar-refractivity contribution in [3.05, 3.63) is 52.6 Å². The number of carbonyl (C=O) groups excluding carboxylic acids is 2. The highest BCUT2D eigenvalue weighted by Crippen LogP contribution is 2.15. The fourth-order valence-electron chi connectivity index (χ4n) is 5.02. The summed E-state index contributed by atoms with van der Waals surface area (Å²) in [6.07, 6.45) is 5.09. The molecule has 2 saturated heterocycles. The van der Waals surface area contributed by atoms with Crippen LogP contribution in [0.25, 0.3) is 5.69 Å². The maximum atomic E-state index is 12.8. The van der Waals surface area contributed by atoms with Gasteiger partial charge in [0.2, 0.25) is 5.91 Å². The summed E-state index contributed by atoms with van der Waals surface area (Å²) in [5.41, 5.74) is 18.5. The topological polar surface area (TPSA) is 169 Å². The molecule has 3 heterocycles. The van der Waals surface area contributed by atoms with Crippen molar-refractivity contribution in [3.8, 4) is 5.69 Å². The van der Waals surface area contributed by atoms with Gasteiger partial charge in [0.05, 0.1) is 23.9 Å². The van der Waals surface area contributed by atoms with E-state index in [1.807, 2.05) is 24.3 Å². The molecule has 1 aromatic carbocycles. The third-order valence-electron chi connectivity index (χ3n) is 7.35. The first-order valence-corrected chi connectivity index (χ1v) is 13.6. The van der Waals surface area contributed by atoms with E-state index < -0.39 is 23.4 Å². The molecular weight excluding hydrogens is 498 g/mol. The lowest BCUT2D eigenvalue weighted by Gasteiger charge is -2.41. The van der Waals surface area contributed by atoms with E-state index in [1.54, 1.807) is 31.0 Å². The van der Waals surface area contributed by atoms with Crippen LogP contribution in [0, 0.1) is 0 Å². The number of amides is 3. The van der Waals surface area contributed by atoms with Crippen LogP contribution < -0.4 is 28.2 Å². The molecule has 212 valence electrons. The molecule has 12 heteroatoms. The molecule has 12 nitrogen and oxygen atoms in total. The van der Waals surface area contributed by atoms with Gasteiger partial charge in [-0.15, -0.1) is 0 Å². The monoisotopic (exact) mass is 539 g/mol. The van der Waals surface area contributed by atoms with Gasteiger partial charge in [-0.25, -0.2) is 9.59 Å². The van der Waals surface area contributed by atoms with Crippen LogP contribution in [0.15, 0.2) is 41.3 Å². The Hall–Kier alpha value is -3.32. The summed E-state index contributed by atoms with van der Waals surface area (Å²) in [5.74, 6) is -0.0947. The predicted octanol–water partition coefficient (Wildman–Crippen LogP) is 0.286. The summed E-state index contributed by atoms with van der Waals surface area (Å²) in [7, 11) is 0. The molecule has 0 bridgehead atoms. The third kappa shape index (κ3) is 7.41. The first-order chi connectivity index (χ1) is 18.5. The minimum Gasteiger partial charge on any atom is -0.336 e. The van der Waals surface area contributed by atoms with Crippen molar-refractivity contribution in [2.75, 3.05) is 44.6 Å². The largest absolute Gasteiger partial charge is 0.354 e. The Morgan fingerprint density at radius 3 is 2.46 bits per heavy atom. The summed E-state index contributed by atoms with van der Waals surface area (Å²) in [5, 5.41) is 2.64. The third-order valence-corrected chi connectivity index (χ3v) is 7.35. The van der Waals surface area contributed by atoms with Gasteiger partial charge in [-0.3, -0.25) is 14.7 Å². The molecule has 0 aliphatic carbocycles. The summed E-state index contributed by atoms with van der Waals surface area (Å²) >= 11 is 0. The highest BCUT2D eigenvalue weighted by atomic mass is 16.2. The highest BCUT2D eigenvalue weighted by Gasteiger charge is 2.35. The second kappa shape index (κ2) is 12.2. The summed E-state index contributed by atoms with van der Waals surface area (Å²) in [4.78, 5) is 47.5. The predicted molar refractivity (Wildman–Crippen MR) is 150 cm³/mol. The molecule has 4 rings (SSSR count). The Kier molecular flexibility index (Phi) is 9.01. The zero-order valence-electron chi connectivity index (χ0n) is 22.9. The first-order valence-electron chi connectivity index (χ1n) is 13.6. The number of nitrogens with one attached hydrogen (secondary N) is 1. The van der Waals surface area contributed by atoms with E-state index in [9.17, 15) is 14.4 Å². The van der Waals surface area contributed by atoms with Crippen molar-refractivity contribution in [2.24, 2.45) is 17.2 Å². The van der Waals surface area contributed by atoms with Gasteiger partial charge < -0.3 is 31.9 Å². The molecule has 2 atom stereocenters. The van der Waals surface area contributed by atoms with Gasteiger partial charge in [0.25, 0.3) is 0 Å². The number of nitrogens with zero attached hydrogens (tertiary/aromatic N) is 5. The highest BCUT2D eigenvalue weighted by molar-refractivity contribution is 5.89. The Morgan fingerprint density at radius 2 is 1.79 bits per heavy atom. The van der Waals surface area contributed by atoms with E-state index in [0.717, 1.165) is 45.3 Å². The van der Waals surface area contributed by atoms with Gasteiger partial charge >= 0.3 is 11.7 Å². The van der Waals surface area contributed by atoms with Crippen LogP contribution in [-0.4, -0.2) is 93.2 Å². The van der Waals surface area contributed by atoms with Gasteiger partial charge in [0.1, 0.15) is 5.82 Å². The molecule has 1 unspecified atom stereocenters. The lowest BCUT2D eigenvalue weighted by atomic mass is 10.0. The summed E-state index contributed by atoms with van der Waals surface area (Å²) in [6, 6.07) is 9.25. The van der Waals surface area contributed by atoms with Crippen LogP contribution in [0.3, 0.4) is 0 Å². The van der Waals surface area contributed by atoms with Crippen LogP contribution in [0.5, 0.6) is 0 Å². The number of hydrogen-bond acceptors (Lipinski definition) is 8. The number of nitrogens with two attached hydrogens (primary N) is 3. The van der Waals surface area contributed by atoms with E-state index in [-0.39, 0.29) is 24.8 Å². The maximum absolute atomic E-state index is 12.8. The quantitative estimate of drug-likeness (QED) is 0.406. The summed E-state index contributed by atoms with van der Waals surface area (Å²) < 4.78 is 1.43. The minimum atomic E-state index is -1.01. The number of aromatic nitrogens is 2. The van der Waals surface area contributed by atoms with Crippen LogP contribution in [0.4, 0.5) is 10.6 Å². The Morgan fingerprint density at radius 1 is 1.05 bits per heavy atom. The number of hydrogen-bond donors (Lipinski definition) is 4. The van der Waals surface area contributed by atoms with Gasteiger partial charge in [0, 0.05) is 31.9 Å². The molecule has 7 N–H and O–H groups in total. The maximum Gasteiger partial charge on any atom is 0.354 e. The molecular formula is C27H41N9O3. The van der Waals surface area contributed by atoms with Crippen LogP contribution in [0.1, 0.15) is 38.7 Å².